The molecular formula is C20H16F6N2O2. The van der Waals surface area contributed by atoms with Crippen LogP contribution in [-0.4, -0.2) is 11.8 Å². The zero-order chi connectivity index (χ0) is 22.3. The van der Waals surface area contributed by atoms with E-state index in [2.05, 4.69) is 5.32 Å². The van der Waals surface area contributed by atoms with E-state index >= 15 is 0 Å². The van der Waals surface area contributed by atoms with Crippen LogP contribution >= 0.6 is 0 Å². The van der Waals surface area contributed by atoms with E-state index in [0.717, 1.165) is 5.56 Å². The molecule has 2 amide bonds. The van der Waals surface area contributed by atoms with Gasteiger partial charge in [0.1, 0.15) is 0 Å². The van der Waals surface area contributed by atoms with Crippen LogP contribution in [0.3, 0.4) is 0 Å². The highest BCUT2D eigenvalue weighted by Gasteiger charge is 2.37. The second-order valence-electron chi connectivity index (χ2n) is 6.99. The minimum atomic E-state index is -5.04. The Hall–Kier alpha value is -3.04. The van der Waals surface area contributed by atoms with Crippen LogP contribution in [0.5, 0.6) is 0 Å². The van der Waals surface area contributed by atoms with E-state index in [1.54, 1.807) is 12.1 Å². The third kappa shape index (κ3) is 4.58. The summed E-state index contributed by atoms with van der Waals surface area (Å²) in [5, 5.41) is 2.51. The van der Waals surface area contributed by atoms with E-state index in [0.29, 0.717) is 37.0 Å². The molecular weight excluding hydrogens is 414 g/mol. The van der Waals surface area contributed by atoms with E-state index in [1.807, 2.05) is 0 Å². The number of aryl methyl sites for hydroxylation is 1. The van der Waals surface area contributed by atoms with E-state index in [9.17, 15) is 35.9 Å². The van der Waals surface area contributed by atoms with Crippen LogP contribution in [0, 0.1) is 0 Å². The Morgan fingerprint density at radius 3 is 2.03 bits per heavy atom. The highest BCUT2D eigenvalue weighted by atomic mass is 19.4. The minimum Gasteiger partial charge on any atom is -0.366 e. The van der Waals surface area contributed by atoms with Crippen molar-refractivity contribution in [3.8, 4) is 0 Å². The first-order valence-corrected chi connectivity index (χ1v) is 8.89. The fraction of sp³-hybridized carbons (Fsp3) is 0.300. The SMILES string of the molecule is NC(=O)c1ccc2c(c1)CCCC2NC(=O)c1cc(C(F)(F)F)cc(C(F)(F)F)c1. The number of hydrogen-bond donors (Lipinski definition) is 2. The molecule has 0 aliphatic heterocycles. The number of alkyl halides is 6. The van der Waals surface area contributed by atoms with Crippen LogP contribution in [0.2, 0.25) is 0 Å². The molecule has 2 aromatic carbocycles. The Labute approximate surface area is 167 Å². The maximum atomic E-state index is 13.0. The van der Waals surface area contributed by atoms with Crippen molar-refractivity contribution in [2.24, 2.45) is 5.73 Å². The number of benzene rings is 2. The summed E-state index contributed by atoms with van der Waals surface area (Å²) in [4.78, 5) is 23.9. The number of primary amides is 1. The molecule has 3 rings (SSSR count). The number of carbonyl (C=O) groups excluding carboxylic acids is 2. The molecule has 0 saturated carbocycles. The molecule has 0 saturated heterocycles. The molecule has 0 heterocycles. The minimum absolute atomic E-state index is 0.0297. The molecule has 1 aliphatic carbocycles. The Balaban J connectivity index is 1.93. The molecule has 160 valence electrons. The zero-order valence-electron chi connectivity index (χ0n) is 15.3. The Bertz CT molecular complexity index is 966. The van der Waals surface area contributed by atoms with Gasteiger partial charge in [0.25, 0.3) is 5.91 Å². The van der Waals surface area contributed by atoms with E-state index in [4.69, 9.17) is 5.73 Å². The average molecular weight is 430 g/mol. The second-order valence-corrected chi connectivity index (χ2v) is 6.99. The van der Waals surface area contributed by atoms with Crippen molar-refractivity contribution in [3.05, 3.63) is 69.8 Å². The van der Waals surface area contributed by atoms with E-state index in [1.165, 1.54) is 6.07 Å². The normalized spacial score (nSPS) is 16.7. The van der Waals surface area contributed by atoms with Gasteiger partial charge in [-0.15, -0.1) is 0 Å². The number of amides is 2. The molecule has 0 bridgehead atoms. The lowest BCUT2D eigenvalue weighted by Gasteiger charge is -2.27. The third-order valence-electron chi connectivity index (χ3n) is 4.90. The average Bonchev–Trinajstić information content (AvgIpc) is 2.66. The van der Waals surface area contributed by atoms with Gasteiger partial charge in [-0.05, 0) is 60.7 Å². The fourth-order valence-electron chi connectivity index (χ4n) is 3.45. The Morgan fingerprint density at radius 2 is 1.50 bits per heavy atom. The molecule has 2 aromatic rings. The molecule has 1 unspecified atom stereocenters. The zero-order valence-corrected chi connectivity index (χ0v) is 15.3. The van der Waals surface area contributed by atoms with Crippen LogP contribution in [0.1, 0.15) is 61.9 Å². The van der Waals surface area contributed by atoms with Gasteiger partial charge >= 0.3 is 12.4 Å². The van der Waals surface area contributed by atoms with Crippen molar-refractivity contribution in [3.63, 3.8) is 0 Å². The van der Waals surface area contributed by atoms with Crippen LogP contribution in [0.15, 0.2) is 36.4 Å². The number of nitrogens with one attached hydrogen (secondary N) is 1. The molecule has 1 aliphatic rings. The highest BCUT2D eigenvalue weighted by Crippen LogP contribution is 2.37. The summed E-state index contributed by atoms with van der Waals surface area (Å²) < 4.78 is 78.1. The van der Waals surface area contributed by atoms with Crippen molar-refractivity contribution in [2.45, 2.75) is 37.7 Å². The fourth-order valence-corrected chi connectivity index (χ4v) is 3.45. The Kier molecular flexibility index (Phi) is 5.53. The topological polar surface area (TPSA) is 72.2 Å². The lowest BCUT2D eigenvalue weighted by atomic mass is 9.86. The summed E-state index contributed by atoms with van der Waals surface area (Å²) in [6.45, 7) is 0. The van der Waals surface area contributed by atoms with Gasteiger partial charge in [0.15, 0.2) is 0 Å². The van der Waals surface area contributed by atoms with Gasteiger partial charge in [-0.3, -0.25) is 9.59 Å². The monoisotopic (exact) mass is 430 g/mol. The van der Waals surface area contributed by atoms with Crippen molar-refractivity contribution >= 4 is 11.8 Å². The van der Waals surface area contributed by atoms with Crippen LogP contribution < -0.4 is 11.1 Å². The van der Waals surface area contributed by atoms with Gasteiger partial charge in [-0.25, -0.2) is 0 Å². The molecule has 30 heavy (non-hydrogen) atoms. The summed E-state index contributed by atoms with van der Waals surface area (Å²) in [5.74, 6) is -1.68. The summed E-state index contributed by atoms with van der Waals surface area (Å²) >= 11 is 0. The maximum Gasteiger partial charge on any atom is 0.416 e. The van der Waals surface area contributed by atoms with Gasteiger partial charge in [-0.2, -0.15) is 26.3 Å². The van der Waals surface area contributed by atoms with Crippen molar-refractivity contribution in [2.75, 3.05) is 0 Å². The summed E-state index contributed by atoms with van der Waals surface area (Å²) in [7, 11) is 0. The number of hydrogen-bond acceptors (Lipinski definition) is 2. The second kappa shape index (κ2) is 7.66. The predicted molar refractivity (Wildman–Crippen MR) is 94.6 cm³/mol. The molecule has 0 fully saturated rings. The van der Waals surface area contributed by atoms with Crippen molar-refractivity contribution < 1.29 is 35.9 Å². The van der Waals surface area contributed by atoms with Gasteiger partial charge < -0.3 is 11.1 Å². The molecule has 0 spiro atoms. The first kappa shape index (κ1) is 21.7. The van der Waals surface area contributed by atoms with Crippen LogP contribution in [-0.2, 0) is 18.8 Å². The largest absolute Gasteiger partial charge is 0.416 e. The lowest BCUT2D eigenvalue weighted by molar-refractivity contribution is -0.143. The van der Waals surface area contributed by atoms with E-state index in [-0.39, 0.29) is 11.6 Å². The first-order chi connectivity index (χ1) is 13.9. The summed E-state index contributed by atoms with van der Waals surface area (Å²) in [6, 6.07) is 4.74. The molecule has 10 heteroatoms. The first-order valence-electron chi connectivity index (χ1n) is 8.89. The van der Waals surface area contributed by atoms with E-state index < -0.39 is 46.9 Å². The van der Waals surface area contributed by atoms with Gasteiger partial charge in [-0.1, -0.05) is 6.07 Å². The Morgan fingerprint density at radius 1 is 0.900 bits per heavy atom. The standard InChI is InChI=1S/C20H16F6N2O2/c21-19(22,23)13-7-12(8-14(9-13)20(24,25)26)18(30)28-16-3-1-2-10-6-11(17(27)29)4-5-15(10)16/h4-9,16H,1-3H2,(H2,27,29)(H,28,30). The van der Waals surface area contributed by atoms with Crippen LogP contribution in [0.4, 0.5) is 26.3 Å². The molecule has 0 aromatic heterocycles. The molecule has 1 atom stereocenters. The smallest absolute Gasteiger partial charge is 0.366 e. The van der Waals surface area contributed by atoms with Gasteiger partial charge in [0.05, 0.1) is 17.2 Å². The lowest BCUT2D eigenvalue weighted by Crippen LogP contribution is -2.31. The molecule has 0 radical (unpaired) electrons. The number of carbonyl (C=O) groups is 2. The van der Waals surface area contributed by atoms with Crippen molar-refractivity contribution in [1.29, 1.82) is 0 Å². The number of fused-ring (bicyclic) bond motifs is 1. The third-order valence-corrected chi connectivity index (χ3v) is 4.90. The molecule has 3 N–H and O–H groups in total. The number of nitrogens with two attached hydrogens (primary N) is 1. The summed E-state index contributed by atoms with van der Waals surface area (Å²) in [5.41, 5.74) is 3.04. The number of halogens is 6. The van der Waals surface area contributed by atoms with Crippen molar-refractivity contribution in [1.82, 2.24) is 5.32 Å². The predicted octanol–water partition coefficient (Wildman–Crippen LogP) is 4.63. The van der Waals surface area contributed by atoms with Crippen LogP contribution in [0.25, 0.3) is 0 Å². The van der Waals surface area contributed by atoms with Gasteiger partial charge in [0.2, 0.25) is 5.91 Å². The van der Waals surface area contributed by atoms with Gasteiger partial charge in [0, 0.05) is 11.1 Å². The quantitative estimate of drug-likeness (QED) is 0.697. The summed E-state index contributed by atoms with van der Waals surface area (Å²) in [6.07, 6.45) is -8.43. The maximum absolute atomic E-state index is 13.0. The molecule has 4 nitrogen and oxygen atoms in total. The highest BCUT2D eigenvalue weighted by molar-refractivity contribution is 5.95. The number of rotatable bonds is 3.